The highest BCUT2D eigenvalue weighted by Crippen LogP contribution is 2.18. The lowest BCUT2D eigenvalue weighted by molar-refractivity contribution is 0.0956. The largest absolute Gasteiger partial charge is 0.317 e. The summed E-state index contributed by atoms with van der Waals surface area (Å²) in [4.78, 5) is 2.62. The minimum Gasteiger partial charge on any atom is -0.317 e. The fraction of sp³-hybridized carbons (Fsp3) is 1.00. The summed E-state index contributed by atoms with van der Waals surface area (Å²) in [6, 6.07) is 0. The minimum absolute atomic E-state index is 0.349. The summed E-state index contributed by atoms with van der Waals surface area (Å²) in [5.41, 5.74) is 0.349. The summed E-state index contributed by atoms with van der Waals surface area (Å²) in [5.74, 6) is 0. The van der Waals surface area contributed by atoms with E-state index in [4.69, 9.17) is 0 Å². The van der Waals surface area contributed by atoms with E-state index in [-0.39, 0.29) is 0 Å². The van der Waals surface area contributed by atoms with Gasteiger partial charge in [-0.25, -0.2) is 0 Å². The minimum atomic E-state index is 0.349. The molecule has 0 aliphatic carbocycles. The fourth-order valence-electron chi connectivity index (χ4n) is 2.25. The molecule has 0 spiro atoms. The zero-order chi connectivity index (χ0) is 11.9. The van der Waals surface area contributed by atoms with E-state index in [0.717, 1.165) is 19.6 Å². The summed E-state index contributed by atoms with van der Waals surface area (Å²) in [7, 11) is 0. The van der Waals surface area contributed by atoms with Gasteiger partial charge < -0.3 is 10.6 Å². The Morgan fingerprint density at radius 2 is 1.88 bits per heavy atom. The van der Waals surface area contributed by atoms with Crippen molar-refractivity contribution in [2.24, 2.45) is 0 Å². The first-order chi connectivity index (χ1) is 7.67. The zero-order valence-corrected chi connectivity index (χ0v) is 11.3. The van der Waals surface area contributed by atoms with E-state index >= 15 is 0 Å². The molecule has 16 heavy (non-hydrogen) atoms. The van der Waals surface area contributed by atoms with Gasteiger partial charge in [0.25, 0.3) is 0 Å². The molecular formula is C13H29N3. The van der Waals surface area contributed by atoms with E-state index in [1.165, 1.54) is 38.9 Å². The number of rotatable bonds is 7. The van der Waals surface area contributed by atoms with Crippen molar-refractivity contribution in [3.8, 4) is 0 Å². The third kappa shape index (κ3) is 4.81. The summed E-state index contributed by atoms with van der Waals surface area (Å²) in [6.45, 7) is 14.0. The molecule has 0 atom stereocenters. The van der Waals surface area contributed by atoms with Gasteiger partial charge in [0.15, 0.2) is 0 Å². The van der Waals surface area contributed by atoms with Crippen molar-refractivity contribution in [3.63, 3.8) is 0 Å². The van der Waals surface area contributed by atoms with Crippen LogP contribution >= 0.6 is 0 Å². The molecule has 3 nitrogen and oxygen atoms in total. The second-order valence-electron chi connectivity index (χ2n) is 5.40. The maximum atomic E-state index is 3.54. The number of nitrogens with one attached hydrogen (secondary N) is 2. The average Bonchev–Trinajstić information content (AvgIpc) is 2.30. The van der Waals surface area contributed by atoms with E-state index in [1.54, 1.807) is 0 Å². The second kappa shape index (κ2) is 7.25. The first kappa shape index (κ1) is 13.9. The van der Waals surface area contributed by atoms with Gasteiger partial charge in [0.2, 0.25) is 0 Å². The van der Waals surface area contributed by atoms with Crippen LogP contribution in [0.25, 0.3) is 0 Å². The molecule has 1 heterocycles. The van der Waals surface area contributed by atoms with Crippen molar-refractivity contribution in [1.82, 2.24) is 15.5 Å². The van der Waals surface area contributed by atoms with Crippen LogP contribution in [-0.2, 0) is 0 Å². The predicted octanol–water partition coefficient (Wildman–Crippen LogP) is 1.45. The maximum Gasteiger partial charge on any atom is 0.0166 e. The molecule has 0 amide bonds. The molecule has 2 N–H and O–H groups in total. The molecular weight excluding hydrogens is 198 g/mol. The molecule has 0 aromatic carbocycles. The van der Waals surface area contributed by atoms with E-state index in [0.29, 0.717) is 5.54 Å². The van der Waals surface area contributed by atoms with Crippen LogP contribution in [0, 0.1) is 0 Å². The number of hydrogen-bond donors (Lipinski definition) is 2. The second-order valence-corrected chi connectivity index (χ2v) is 5.40. The molecule has 1 saturated heterocycles. The van der Waals surface area contributed by atoms with Crippen molar-refractivity contribution in [2.45, 2.75) is 45.6 Å². The van der Waals surface area contributed by atoms with Crippen molar-refractivity contribution < 1.29 is 0 Å². The van der Waals surface area contributed by atoms with Crippen molar-refractivity contribution in [1.29, 1.82) is 0 Å². The summed E-state index contributed by atoms with van der Waals surface area (Å²) >= 11 is 0. The molecule has 0 aromatic rings. The van der Waals surface area contributed by atoms with Gasteiger partial charge >= 0.3 is 0 Å². The van der Waals surface area contributed by atoms with Crippen molar-refractivity contribution in [3.05, 3.63) is 0 Å². The third-order valence-corrected chi connectivity index (χ3v) is 3.59. The van der Waals surface area contributed by atoms with Crippen molar-refractivity contribution in [2.75, 3.05) is 39.3 Å². The van der Waals surface area contributed by atoms with Gasteiger partial charge in [0.05, 0.1) is 0 Å². The molecule has 0 unspecified atom stereocenters. The topological polar surface area (TPSA) is 27.3 Å². The average molecular weight is 227 g/mol. The van der Waals surface area contributed by atoms with Crippen LogP contribution in [0.4, 0.5) is 0 Å². The van der Waals surface area contributed by atoms with Crippen LogP contribution in [-0.4, -0.2) is 49.7 Å². The Morgan fingerprint density at radius 3 is 2.50 bits per heavy atom. The van der Waals surface area contributed by atoms with Gasteiger partial charge in [-0.15, -0.1) is 0 Å². The van der Waals surface area contributed by atoms with Gasteiger partial charge in [-0.2, -0.15) is 0 Å². The van der Waals surface area contributed by atoms with Gasteiger partial charge in [0, 0.05) is 31.7 Å². The van der Waals surface area contributed by atoms with Crippen LogP contribution in [0.1, 0.15) is 40.0 Å². The van der Waals surface area contributed by atoms with E-state index in [1.807, 2.05) is 0 Å². The van der Waals surface area contributed by atoms with E-state index < -0.39 is 0 Å². The first-order valence-electron chi connectivity index (χ1n) is 6.83. The fourth-order valence-corrected chi connectivity index (χ4v) is 2.25. The third-order valence-electron chi connectivity index (χ3n) is 3.59. The maximum absolute atomic E-state index is 3.54. The molecule has 1 aliphatic heterocycles. The highest BCUT2D eigenvalue weighted by molar-refractivity contribution is 4.85. The standard InChI is InChI=1S/C13H29N3/c1-4-5-7-14-8-6-13(2,3)16-11-9-15-10-12-16/h14-15H,4-12H2,1-3H3. The van der Waals surface area contributed by atoms with Gasteiger partial charge in [-0.1, -0.05) is 13.3 Å². The summed E-state index contributed by atoms with van der Waals surface area (Å²) in [5, 5.41) is 6.95. The molecule has 1 rings (SSSR count). The number of hydrogen-bond acceptors (Lipinski definition) is 3. The Kier molecular flexibility index (Phi) is 6.32. The van der Waals surface area contributed by atoms with E-state index in [2.05, 4.69) is 36.3 Å². The van der Waals surface area contributed by atoms with Crippen LogP contribution in [0.5, 0.6) is 0 Å². The summed E-state index contributed by atoms with van der Waals surface area (Å²) < 4.78 is 0. The highest BCUT2D eigenvalue weighted by atomic mass is 15.2. The van der Waals surface area contributed by atoms with Crippen LogP contribution in [0.2, 0.25) is 0 Å². The Hall–Kier alpha value is -0.120. The molecule has 96 valence electrons. The normalized spacial score (nSPS) is 18.9. The van der Waals surface area contributed by atoms with Crippen LogP contribution < -0.4 is 10.6 Å². The highest BCUT2D eigenvalue weighted by Gasteiger charge is 2.26. The zero-order valence-electron chi connectivity index (χ0n) is 11.3. The molecule has 0 radical (unpaired) electrons. The van der Waals surface area contributed by atoms with Gasteiger partial charge in [-0.05, 0) is 39.8 Å². The molecule has 3 heteroatoms. The lowest BCUT2D eigenvalue weighted by Crippen LogP contribution is -2.54. The SMILES string of the molecule is CCCCNCCC(C)(C)N1CCNCC1. The molecule has 0 bridgehead atoms. The Bertz CT molecular complexity index is 174. The monoisotopic (exact) mass is 227 g/mol. The summed E-state index contributed by atoms with van der Waals surface area (Å²) in [6.07, 6.45) is 3.83. The lowest BCUT2D eigenvalue weighted by Gasteiger charge is -2.41. The number of nitrogens with zero attached hydrogens (tertiary/aromatic N) is 1. The van der Waals surface area contributed by atoms with Crippen molar-refractivity contribution >= 4 is 0 Å². The van der Waals surface area contributed by atoms with Crippen LogP contribution in [0.15, 0.2) is 0 Å². The van der Waals surface area contributed by atoms with Gasteiger partial charge in [-0.3, -0.25) is 4.90 Å². The van der Waals surface area contributed by atoms with Crippen LogP contribution in [0.3, 0.4) is 0 Å². The lowest BCUT2D eigenvalue weighted by atomic mass is 9.97. The molecule has 0 aromatic heterocycles. The number of piperazine rings is 1. The molecule has 1 fully saturated rings. The number of unbranched alkanes of at least 4 members (excludes halogenated alkanes) is 1. The first-order valence-corrected chi connectivity index (χ1v) is 6.83. The van der Waals surface area contributed by atoms with E-state index in [9.17, 15) is 0 Å². The Balaban J connectivity index is 2.16. The molecule has 1 aliphatic rings. The van der Waals surface area contributed by atoms with Gasteiger partial charge in [0.1, 0.15) is 0 Å². The Morgan fingerprint density at radius 1 is 1.19 bits per heavy atom. The molecule has 0 saturated carbocycles. The Labute approximate surface area is 101 Å². The predicted molar refractivity (Wildman–Crippen MR) is 70.9 cm³/mol. The smallest absolute Gasteiger partial charge is 0.0166 e. The quantitative estimate of drug-likeness (QED) is 0.645.